The molecule has 0 saturated carbocycles. The van der Waals surface area contributed by atoms with Gasteiger partial charge in [0.15, 0.2) is 0 Å². The quantitative estimate of drug-likeness (QED) is 0.285. The number of H-pyrrole nitrogens is 1. The fraction of sp³-hybridized carbons (Fsp3) is 0.107. The molecule has 1 amide bonds. The Morgan fingerprint density at radius 2 is 1.69 bits per heavy atom. The minimum absolute atomic E-state index is 0.101. The minimum Gasteiger partial charge on any atom is -0.507 e. The third kappa shape index (κ3) is 4.19. The summed E-state index contributed by atoms with van der Waals surface area (Å²) in [6.45, 7) is 3.69. The fourth-order valence-corrected chi connectivity index (χ4v) is 4.20. The monoisotopic (exact) mass is 465 g/mol. The topological polar surface area (TPSA) is 115 Å². The van der Waals surface area contributed by atoms with Gasteiger partial charge in [-0.15, -0.1) is 0 Å². The van der Waals surface area contributed by atoms with Crippen molar-refractivity contribution in [3.63, 3.8) is 0 Å². The second kappa shape index (κ2) is 8.61. The Morgan fingerprint density at radius 1 is 0.914 bits per heavy atom. The molecule has 0 fully saturated rings. The number of fused-ring (bicyclic) bond motifs is 3. The van der Waals surface area contributed by atoms with Crippen LogP contribution < -0.4 is 5.32 Å². The van der Waals surface area contributed by atoms with Crippen LogP contribution in [0.5, 0.6) is 5.75 Å². The van der Waals surface area contributed by atoms with E-state index in [0.717, 1.165) is 22.2 Å². The van der Waals surface area contributed by atoms with Gasteiger partial charge in [0.1, 0.15) is 23.6 Å². The first-order valence-corrected chi connectivity index (χ1v) is 11.1. The maximum absolute atomic E-state index is 12.3. The van der Waals surface area contributed by atoms with Gasteiger partial charge in [-0.05, 0) is 65.8 Å². The molecule has 0 bridgehead atoms. The van der Waals surface area contributed by atoms with E-state index in [-0.39, 0.29) is 11.3 Å². The maximum Gasteiger partial charge on any atom is 0.322 e. The second-order valence-electron chi connectivity index (χ2n) is 8.60. The zero-order valence-corrected chi connectivity index (χ0v) is 19.2. The number of phenols is 1. The van der Waals surface area contributed by atoms with Crippen LogP contribution in [0, 0.1) is 13.8 Å². The highest BCUT2D eigenvalue weighted by Crippen LogP contribution is 2.34. The van der Waals surface area contributed by atoms with Crippen LogP contribution in [0.2, 0.25) is 0 Å². The molecule has 0 spiro atoms. The summed E-state index contributed by atoms with van der Waals surface area (Å²) < 4.78 is 0. The van der Waals surface area contributed by atoms with Gasteiger partial charge in [-0.1, -0.05) is 42.5 Å². The number of aromatic hydroxyl groups is 1. The Morgan fingerprint density at radius 3 is 2.46 bits per heavy atom. The Kier molecular flexibility index (Phi) is 5.45. The molecule has 1 heterocycles. The molecule has 0 saturated heterocycles. The number of benzene rings is 4. The van der Waals surface area contributed by atoms with Gasteiger partial charge in [0.05, 0.1) is 10.9 Å². The van der Waals surface area contributed by atoms with Gasteiger partial charge in [-0.3, -0.25) is 9.59 Å². The molecule has 0 radical (unpaired) electrons. The zero-order valence-electron chi connectivity index (χ0n) is 19.2. The molecule has 4 N–H and O–H groups in total. The maximum atomic E-state index is 12.3. The van der Waals surface area contributed by atoms with Crippen molar-refractivity contribution < 1.29 is 19.8 Å². The number of aliphatic carboxylic acids is 1. The largest absolute Gasteiger partial charge is 0.507 e. The van der Waals surface area contributed by atoms with Crippen molar-refractivity contribution in [3.05, 3.63) is 83.4 Å². The van der Waals surface area contributed by atoms with Crippen LogP contribution in [-0.4, -0.2) is 38.6 Å². The first-order chi connectivity index (χ1) is 16.8. The third-order valence-corrected chi connectivity index (χ3v) is 6.18. The number of imidazole rings is 1. The number of rotatable bonds is 5. The van der Waals surface area contributed by atoms with Crippen molar-refractivity contribution in [2.75, 3.05) is 6.54 Å². The highest BCUT2D eigenvalue weighted by atomic mass is 16.4. The average molecular weight is 466 g/mol. The molecule has 5 aromatic rings. The molecule has 174 valence electrons. The highest BCUT2D eigenvalue weighted by molar-refractivity contribution is 6.11. The lowest BCUT2D eigenvalue weighted by Gasteiger charge is -2.07. The predicted molar refractivity (Wildman–Crippen MR) is 136 cm³/mol. The summed E-state index contributed by atoms with van der Waals surface area (Å²) in [6.07, 6.45) is 0. The predicted octanol–water partition coefficient (Wildman–Crippen LogP) is 5.19. The van der Waals surface area contributed by atoms with E-state index in [1.807, 2.05) is 18.2 Å². The number of carboxylic acid groups (broad SMARTS) is 1. The van der Waals surface area contributed by atoms with E-state index in [0.29, 0.717) is 22.1 Å². The normalized spacial score (nSPS) is 11.1. The Balaban J connectivity index is 1.56. The number of amides is 1. The van der Waals surface area contributed by atoms with Crippen LogP contribution in [0.1, 0.15) is 21.5 Å². The van der Waals surface area contributed by atoms with Crippen molar-refractivity contribution in [1.29, 1.82) is 0 Å². The Labute approximate surface area is 201 Å². The lowest BCUT2D eigenvalue weighted by Crippen LogP contribution is -2.29. The Bertz CT molecular complexity index is 1630. The summed E-state index contributed by atoms with van der Waals surface area (Å²) in [5.41, 5.74) is 7.11. The van der Waals surface area contributed by atoms with Crippen LogP contribution in [-0.2, 0) is 4.79 Å². The summed E-state index contributed by atoms with van der Waals surface area (Å²) in [7, 11) is 0. The van der Waals surface area contributed by atoms with Gasteiger partial charge in [-0.2, -0.15) is 0 Å². The lowest BCUT2D eigenvalue weighted by molar-refractivity contribution is -0.135. The number of nitrogens with one attached hydrogen (secondary N) is 2. The molecular formula is C28H23N3O4. The standard InChI is InChI=1S/C28H23N3O4/c1-15-6-7-18(10-16(15)2)17-4-3-5-20(11-17)27-30-22-9-8-19-12-21(28(35)29-14-24(33)34)13-23(32)25(19)26(22)31-27/h3-13,32H,14H2,1-2H3,(H,29,35)(H,30,31)(H,33,34). The number of aromatic nitrogens is 2. The summed E-state index contributed by atoms with van der Waals surface area (Å²) in [6, 6.07) is 21.1. The smallest absolute Gasteiger partial charge is 0.322 e. The van der Waals surface area contributed by atoms with Gasteiger partial charge in [0, 0.05) is 11.1 Å². The van der Waals surface area contributed by atoms with E-state index in [2.05, 4.69) is 54.5 Å². The summed E-state index contributed by atoms with van der Waals surface area (Å²) >= 11 is 0. The molecule has 35 heavy (non-hydrogen) atoms. The lowest BCUT2D eigenvalue weighted by atomic mass is 9.99. The van der Waals surface area contributed by atoms with E-state index < -0.39 is 18.4 Å². The van der Waals surface area contributed by atoms with Crippen molar-refractivity contribution in [2.24, 2.45) is 0 Å². The van der Waals surface area contributed by atoms with Crippen molar-refractivity contribution in [2.45, 2.75) is 13.8 Å². The van der Waals surface area contributed by atoms with Crippen LogP contribution in [0.3, 0.4) is 0 Å². The van der Waals surface area contributed by atoms with Crippen LogP contribution >= 0.6 is 0 Å². The number of hydrogen-bond donors (Lipinski definition) is 4. The van der Waals surface area contributed by atoms with Gasteiger partial charge in [0.2, 0.25) is 0 Å². The van der Waals surface area contributed by atoms with Gasteiger partial charge >= 0.3 is 5.97 Å². The van der Waals surface area contributed by atoms with Crippen molar-refractivity contribution in [3.8, 4) is 28.3 Å². The summed E-state index contributed by atoms with van der Waals surface area (Å²) in [5.74, 6) is -1.15. The summed E-state index contributed by atoms with van der Waals surface area (Å²) in [4.78, 5) is 31.1. The van der Waals surface area contributed by atoms with Crippen LogP contribution in [0.4, 0.5) is 0 Å². The number of carbonyl (C=O) groups excluding carboxylic acids is 1. The number of carbonyl (C=O) groups is 2. The van der Waals surface area contributed by atoms with E-state index in [4.69, 9.17) is 10.1 Å². The van der Waals surface area contributed by atoms with Gasteiger partial charge in [-0.25, -0.2) is 4.98 Å². The van der Waals surface area contributed by atoms with E-state index >= 15 is 0 Å². The van der Waals surface area contributed by atoms with Crippen LogP contribution in [0.25, 0.3) is 44.3 Å². The molecule has 5 rings (SSSR count). The summed E-state index contributed by atoms with van der Waals surface area (Å²) in [5, 5.41) is 23.0. The Hall–Kier alpha value is -4.65. The zero-order chi connectivity index (χ0) is 24.7. The molecule has 0 unspecified atom stereocenters. The first kappa shape index (κ1) is 22.2. The molecule has 4 aromatic carbocycles. The molecule has 0 aliphatic carbocycles. The highest BCUT2D eigenvalue weighted by Gasteiger charge is 2.16. The molecule has 1 aromatic heterocycles. The number of hydrogen-bond acceptors (Lipinski definition) is 4. The fourth-order valence-electron chi connectivity index (χ4n) is 4.20. The van der Waals surface area contributed by atoms with E-state index in [1.54, 1.807) is 12.1 Å². The van der Waals surface area contributed by atoms with Crippen LogP contribution in [0.15, 0.2) is 66.7 Å². The number of nitrogens with zero attached hydrogens (tertiary/aromatic N) is 1. The molecule has 7 nitrogen and oxygen atoms in total. The molecule has 0 atom stereocenters. The van der Waals surface area contributed by atoms with Gasteiger partial charge < -0.3 is 20.5 Å². The number of aryl methyl sites for hydroxylation is 2. The van der Waals surface area contributed by atoms with E-state index in [9.17, 15) is 14.7 Å². The molecule has 0 aliphatic rings. The number of aromatic amines is 1. The molecular weight excluding hydrogens is 442 g/mol. The molecule has 7 heteroatoms. The van der Waals surface area contributed by atoms with Crippen molar-refractivity contribution in [1.82, 2.24) is 15.3 Å². The SMILES string of the molecule is Cc1ccc(-c2cccc(-c3nc4c(ccc5cc(C(=O)NCC(=O)O)cc(O)c54)[nH]3)c2)cc1C. The average Bonchev–Trinajstić information content (AvgIpc) is 3.28. The third-order valence-electron chi connectivity index (χ3n) is 6.18. The minimum atomic E-state index is -1.14. The number of carboxylic acids is 1. The van der Waals surface area contributed by atoms with Gasteiger partial charge in [0.25, 0.3) is 5.91 Å². The second-order valence-corrected chi connectivity index (χ2v) is 8.60. The number of phenolic OH excluding ortho intramolecular Hbond substituents is 1. The van der Waals surface area contributed by atoms with Crippen molar-refractivity contribution >= 4 is 33.7 Å². The molecule has 0 aliphatic heterocycles. The van der Waals surface area contributed by atoms with E-state index in [1.165, 1.54) is 17.2 Å². The first-order valence-electron chi connectivity index (χ1n) is 11.1.